The Morgan fingerprint density at radius 1 is 1.29 bits per heavy atom. The van der Waals surface area contributed by atoms with Crippen LogP contribution in [0.2, 0.25) is 0 Å². The van der Waals surface area contributed by atoms with Crippen molar-refractivity contribution in [1.82, 2.24) is 5.32 Å². The molecule has 0 radical (unpaired) electrons. The highest BCUT2D eigenvalue weighted by Gasteiger charge is 2.09. The van der Waals surface area contributed by atoms with E-state index in [1.54, 1.807) is 6.08 Å². The van der Waals surface area contributed by atoms with Gasteiger partial charge in [-0.2, -0.15) is 0 Å². The number of carbonyl (C=O) groups is 1. The molecule has 3 nitrogen and oxygen atoms in total. The summed E-state index contributed by atoms with van der Waals surface area (Å²) in [5.74, 6) is -0.155. The van der Waals surface area contributed by atoms with Gasteiger partial charge in [0.15, 0.2) is 0 Å². The minimum absolute atomic E-state index is 0.155. The van der Waals surface area contributed by atoms with Crippen LogP contribution < -0.4 is 5.32 Å². The van der Waals surface area contributed by atoms with E-state index in [0.717, 1.165) is 5.56 Å². The molecule has 1 N–H and O–H groups in total. The third-order valence-corrected chi connectivity index (χ3v) is 1.98. The lowest BCUT2D eigenvalue weighted by molar-refractivity contribution is -0.119. The second-order valence-electron chi connectivity index (χ2n) is 4.69. The standard InChI is InChI=1S/C14H19NO2/c1-14(2,3)17-11-15-13(16)10-9-12-7-5-4-6-8-12/h4-10H,11H2,1-3H3,(H,15,16)/b10-9+. The fourth-order valence-corrected chi connectivity index (χ4v) is 1.12. The van der Waals surface area contributed by atoms with Crippen molar-refractivity contribution in [2.45, 2.75) is 26.4 Å². The number of rotatable bonds is 4. The van der Waals surface area contributed by atoms with E-state index in [1.807, 2.05) is 51.1 Å². The summed E-state index contributed by atoms with van der Waals surface area (Å²) in [5, 5.41) is 2.66. The summed E-state index contributed by atoms with van der Waals surface area (Å²) in [4.78, 5) is 11.4. The van der Waals surface area contributed by atoms with Crippen LogP contribution in [0.4, 0.5) is 0 Å². The van der Waals surface area contributed by atoms with Gasteiger partial charge in [-0.05, 0) is 32.4 Å². The topological polar surface area (TPSA) is 38.3 Å². The van der Waals surface area contributed by atoms with Gasteiger partial charge < -0.3 is 10.1 Å². The van der Waals surface area contributed by atoms with Crippen molar-refractivity contribution in [3.8, 4) is 0 Å². The molecule has 92 valence electrons. The number of benzene rings is 1. The fourth-order valence-electron chi connectivity index (χ4n) is 1.12. The molecule has 0 heterocycles. The molecule has 0 atom stereocenters. The smallest absolute Gasteiger partial charge is 0.245 e. The molecule has 0 saturated carbocycles. The van der Waals surface area contributed by atoms with Crippen molar-refractivity contribution in [2.24, 2.45) is 0 Å². The number of amides is 1. The average molecular weight is 233 g/mol. The fraction of sp³-hybridized carbons (Fsp3) is 0.357. The monoisotopic (exact) mass is 233 g/mol. The van der Waals surface area contributed by atoms with Crippen LogP contribution in [0, 0.1) is 0 Å². The van der Waals surface area contributed by atoms with E-state index in [-0.39, 0.29) is 18.2 Å². The molecule has 0 saturated heterocycles. The van der Waals surface area contributed by atoms with E-state index < -0.39 is 0 Å². The van der Waals surface area contributed by atoms with E-state index in [9.17, 15) is 4.79 Å². The molecule has 0 aliphatic heterocycles. The lowest BCUT2D eigenvalue weighted by atomic mass is 10.2. The Bertz CT molecular complexity index is 377. The third kappa shape index (κ3) is 6.53. The van der Waals surface area contributed by atoms with Crippen molar-refractivity contribution >= 4 is 12.0 Å². The molecule has 0 fully saturated rings. The second-order valence-corrected chi connectivity index (χ2v) is 4.69. The first-order chi connectivity index (χ1) is 7.97. The van der Waals surface area contributed by atoms with E-state index in [2.05, 4.69) is 5.32 Å². The van der Waals surface area contributed by atoms with Gasteiger partial charge >= 0.3 is 0 Å². The molecule has 1 aromatic carbocycles. The molecule has 0 spiro atoms. The van der Waals surface area contributed by atoms with E-state index >= 15 is 0 Å². The van der Waals surface area contributed by atoms with Gasteiger partial charge in [-0.15, -0.1) is 0 Å². The Kier molecular flexibility index (Phi) is 4.91. The Hall–Kier alpha value is -1.61. The van der Waals surface area contributed by atoms with Crippen molar-refractivity contribution in [2.75, 3.05) is 6.73 Å². The van der Waals surface area contributed by atoms with Crippen LogP contribution >= 0.6 is 0 Å². The predicted molar refractivity (Wildman–Crippen MR) is 69.3 cm³/mol. The summed E-state index contributed by atoms with van der Waals surface area (Å²) < 4.78 is 5.39. The van der Waals surface area contributed by atoms with E-state index in [0.29, 0.717) is 0 Å². The summed E-state index contributed by atoms with van der Waals surface area (Å²) in [6.07, 6.45) is 3.27. The minimum Gasteiger partial charge on any atom is -0.356 e. The zero-order valence-corrected chi connectivity index (χ0v) is 10.6. The van der Waals surface area contributed by atoms with Crippen molar-refractivity contribution < 1.29 is 9.53 Å². The first-order valence-electron chi connectivity index (χ1n) is 5.62. The van der Waals surface area contributed by atoms with Crippen LogP contribution in [-0.2, 0) is 9.53 Å². The molecule has 17 heavy (non-hydrogen) atoms. The maximum Gasteiger partial charge on any atom is 0.245 e. The zero-order valence-electron chi connectivity index (χ0n) is 10.6. The van der Waals surface area contributed by atoms with Gasteiger partial charge in [-0.1, -0.05) is 30.3 Å². The van der Waals surface area contributed by atoms with Crippen LogP contribution in [-0.4, -0.2) is 18.2 Å². The van der Waals surface area contributed by atoms with E-state index in [1.165, 1.54) is 6.08 Å². The van der Waals surface area contributed by atoms with Crippen molar-refractivity contribution in [3.05, 3.63) is 42.0 Å². The number of hydrogen-bond donors (Lipinski definition) is 1. The minimum atomic E-state index is -0.240. The quantitative estimate of drug-likeness (QED) is 0.641. The van der Waals surface area contributed by atoms with Gasteiger partial charge in [0, 0.05) is 6.08 Å². The van der Waals surface area contributed by atoms with E-state index in [4.69, 9.17) is 4.74 Å². The lowest BCUT2D eigenvalue weighted by Gasteiger charge is -2.19. The summed E-state index contributed by atoms with van der Waals surface area (Å²) in [5.41, 5.74) is 0.760. The van der Waals surface area contributed by atoms with Crippen LogP contribution in [0.25, 0.3) is 6.08 Å². The maximum absolute atomic E-state index is 11.4. The maximum atomic E-state index is 11.4. The summed E-state index contributed by atoms with van der Waals surface area (Å²) in [6, 6.07) is 9.68. The highest BCUT2D eigenvalue weighted by Crippen LogP contribution is 2.04. The van der Waals surface area contributed by atoms with Gasteiger partial charge in [0.25, 0.3) is 0 Å². The Balaban J connectivity index is 2.33. The van der Waals surface area contributed by atoms with Gasteiger partial charge in [-0.25, -0.2) is 0 Å². The first kappa shape index (κ1) is 13.5. The Morgan fingerprint density at radius 2 is 1.94 bits per heavy atom. The molecule has 1 amide bonds. The summed E-state index contributed by atoms with van der Waals surface area (Å²) in [7, 11) is 0. The molecule has 1 aromatic rings. The molecular formula is C14H19NO2. The zero-order chi connectivity index (χ0) is 12.7. The molecule has 0 aliphatic rings. The Labute approximate surface area is 102 Å². The third-order valence-electron chi connectivity index (χ3n) is 1.98. The van der Waals surface area contributed by atoms with Gasteiger partial charge in [0.05, 0.1) is 5.60 Å². The van der Waals surface area contributed by atoms with Gasteiger partial charge in [0.1, 0.15) is 6.73 Å². The van der Waals surface area contributed by atoms with Gasteiger partial charge in [-0.3, -0.25) is 4.79 Å². The average Bonchev–Trinajstić information content (AvgIpc) is 2.26. The number of nitrogens with one attached hydrogen (secondary N) is 1. The molecule has 0 unspecified atom stereocenters. The SMILES string of the molecule is CC(C)(C)OCNC(=O)/C=C/c1ccccc1. The summed E-state index contributed by atoms with van der Waals surface area (Å²) in [6.45, 7) is 6.05. The molecule has 0 bridgehead atoms. The highest BCUT2D eigenvalue weighted by molar-refractivity contribution is 5.91. The van der Waals surface area contributed by atoms with Gasteiger partial charge in [0.2, 0.25) is 5.91 Å². The molecule has 3 heteroatoms. The normalized spacial score (nSPS) is 11.7. The Morgan fingerprint density at radius 3 is 2.53 bits per heavy atom. The van der Waals surface area contributed by atoms with Crippen LogP contribution in [0.1, 0.15) is 26.3 Å². The number of carbonyl (C=O) groups excluding carboxylic acids is 1. The number of hydrogen-bond acceptors (Lipinski definition) is 2. The van der Waals surface area contributed by atoms with Crippen LogP contribution in [0.5, 0.6) is 0 Å². The van der Waals surface area contributed by atoms with Crippen LogP contribution in [0.3, 0.4) is 0 Å². The highest BCUT2D eigenvalue weighted by atomic mass is 16.5. The lowest BCUT2D eigenvalue weighted by Crippen LogP contribution is -2.30. The number of ether oxygens (including phenoxy) is 1. The molecule has 0 aromatic heterocycles. The van der Waals surface area contributed by atoms with Crippen LogP contribution in [0.15, 0.2) is 36.4 Å². The predicted octanol–water partition coefficient (Wildman–Crippen LogP) is 2.59. The first-order valence-corrected chi connectivity index (χ1v) is 5.62. The van der Waals surface area contributed by atoms with Crippen molar-refractivity contribution in [1.29, 1.82) is 0 Å². The molecule has 0 aliphatic carbocycles. The molecular weight excluding hydrogens is 214 g/mol. The summed E-state index contributed by atoms with van der Waals surface area (Å²) >= 11 is 0. The largest absolute Gasteiger partial charge is 0.356 e. The van der Waals surface area contributed by atoms with Crippen molar-refractivity contribution in [3.63, 3.8) is 0 Å². The molecule has 1 rings (SSSR count). The second kappa shape index (κ2) is 6.21.